The number of nitrogens with one attached hydrogen (secondary N) is 1. The molecule has 1 atom stereocenters. The van der Waals surface area contributed by atoms with E-state index >= 15 is 0 Å². The van der Waals surface area contributed by atoms with Crippen molar-refractivity contribution >= 4 is 34.9 Å². The number of rotatable bonds is 2. The number of anilines is 1. The van der Waals surface area contributed by atoms with Crippen molar-refractivity contribution in [3.05, 3.63) is 64.7 Å². The Hall–Kier alpha value is -2.66. The van der Waals surface area contributed by atoms with Crippen LogP contribution in [0.1, 0.15) is 11.1 Å². The fourth-order valence-electron chi connectivity index (χ4n) is 2.27. The topological polar surface area (TPSA) is 78.8 Å². The number of carboxylic acids is 1. The number of aliphatic carboxylic acids is 1. The average Bonchev–Trinajstić information content (AvgIpc) is 2.64. The Labute approximate surface area is 131 Å². The van der Waals surface area contributed by atoms with Crippen LogP contribution < -0.4 is 5.32 Å². The molecule has 3 rings (SSSR count). The van der Waals surface area contributed by atoms with E-state index in [4.69, 9.17) is 11.6 Å². The Kier molecular flexibility index (Phi) is 3.65. The summed E-state index contributed by atoms with van der Waals surface area (Å²) >= 11 is 6.03. The summed E-state index contributed by atoms with van der Waals surface area (Å²) in [7, 11) is 0. The predicted octanol–water partition coefficient (Wildman–Crippen LogP) is 2.58. The standard InChI is InChI=1S/C16H11ClN2O3/c17-10-6-7-12-11(8-10)13(9-4-2-1-3-5-9)19-14(16(21)22)15(20)18-12/h1-8,14H,(H,18,20)(H,21,22)/i1+1,2+1,3+1,4+1,5+1,9+1. The molecular weight excluding hydrogens is 310 g/mol. The zero-order valence-electron chi connectivity index (χ0n) is 11.3. The molecule has 0 spiro atoms. The molecule has 0 aliphatic carbocycles. The van der Waals surface area contributed by atoms with Crippen LogP contribution in [-0.2, 0) is 9.59 Å². The fourth-order valence-corrected chi connectivity index (χ4v) is 2.45. The highest BCUT2D eigenvalue weighted by atomic mass is 35.5. The van der Waals surface area contributed by atoms with Gasteiger partial charge in [0.05, 0.1) is 11.4 Å². The first-order valence-corrected chi connectivity index (χ1v) is 6.91. The van der Waals surface area contributed by atoms with Crippen molar-refractivity contribution in [3.8, 4) is 0 Å². The van der Waals surface area contributed by atoms with E-state index in [1.165, 1.54) is 0 Å². The summed E-state index contributed by atoms with van der Waals surface area (Å²) in [5.74, 6) is -1.98. The van der Waals surface area contributed by atoms with Gasteiger partial charge in [-0.3, -0.25) is 9.79 Å². The highest BCUT2D eigenvalue weighted by Gasteiger charge is 2.31. The van der Waals surface area contributed by atoms with Gasteiger partial charge in [0.1, 0.15) is 0 Å². The molecule has 1 amide bonds. The third-order valence-corrected chi connectivity index (χ3v) is 3.52. The number of hydrogen-bond donors (Lipinski definition) is 2. The van der Waals surface area contributed by atoms with Crippen molar-refractivity contribution in [2.45, 2.75) is 6.04 Å². The zero-order chi connectivity index (χ0) is 15.7. The SMILES string of the molecule is O=C(O)C1N=C([13c]2[13cH][13cH][13cH][13cH][13cH]2)c2cc(Cl)ccc2NC1=O. The number of carbonyl (C=O) groups excluding carboxylic acids is 1. The van der Waals surface area contributed by atoms with E-state index in [-0.39, 0.29) is 0 Å². The van der Waals surface area contributed by atoms with Gasteiger partial charge in [-0.2, -0.15) is 0 Å². The van der Waals surface area contributed by atoms with Crippen molar-refractivity contribution in [1.82, 2.24) is 0 Å². The molecule has 5 nitrogen and oxygen atoms in total. The van der Waals surface area contributed by atoms with Crippen LogP contribution in [0.25, 0.3) is 0 Å². The molecule has 1 unspecified atom stereocenters. The van der Waals surface area contributed by atoms with Gasteiger partial charge in [0, 0.05) is 16.1 Å². The quantitative estimate of drug-likeness (QED) is 0.835. The second kappa shape index (κ2) is 5.61. The van der Waals surface area contributed by atoms with Crippen LogP contribution in [0.4, 0.5) is 5.69 Å². The van der Waals surface area contributed by atoms with Crippen LogP contribution >= 0.6 is 11.6 Å². The lowest BCUT2D eigenvalue weighted by Gasteiger charge is -2.10. The number of benzodiazepines with no additional fused rings is 1. The molecule has 0 bridgehead atoms. The molecule has 0 saturated heterocycles. The van der Waals surface area contributed by atoms with Gasteiger partial charge in [-0.25, -0.2) is 4.79 Å². The lowest BCUT2D eigenvalue weighted by Crippen LogP contribution is -2.32. The van der Waals surface area contributed by atoms with E-state index in [9.17, 15) is 14.7 Å². The van der Waals surface area contributed by atoms with Crippen LogP contribution in [-0.4, -0.2) is 28.7 Å². The molecule has 2 aromatic carbocycles. The summed E-state index contributed by atoms with van der Waals surface area (Å²) in [5.41, 5.74) is 2.22. The molecule has 1 aliphatic rings. The molecule has 2 aromatic rings. The molecule has 110 valence electrons. The lowest BCUT2D eigenvalue weighted by atomic mass is 10.1. The van der Waals surface area contributed by atoms with Gasteiger partial charge >= 0.3 is 5.97 Å². The third kappa shape index (κ3) is 2.58. The number of carboxylic acid groups (broad SMARTS) is 1. The zero-order valence-corrected chi connectivity index (χ0v) is 12.0. The highest BCUT2D eigenvalue weighted by molar-refractivity contribution is 6.32. The fraction of sp³-hybridized carbons (Fsp3) is 0.0625. The molecular formula is C16H11ClN2O3. The van der Waals surface area contributed by atoms with Crippen LogP contribution in [0.2, 0.25) is 5.02 Å². The van der Waals surface area contributed by atoms with Gasteiger partial charge in [-0.05, 0) is 18.2 Å². The number of hydrogen-bond acceptors (Lipinski definition) is 3. The summed E-state index contributed by atoms with van der Waals surface area (Å²) in [4.78, 5) is 27.5. The normalized spacial score (nSPS) is 17.0. The first-order valence-electron chi connectivity index (χ1n) is 6.53. The van der Waals surface area contributed by atoms with Gasteiger partial charge < -0.3 is 10.4 Å². The number of nitrogens with zero attached hydrogens (tertiary/aromatic N) is 1. The first-order chi connectivity index (χ1) is 10.6. The smallest absolute Gasteiger partial charge is 0.338 e. The van der Waals surface area contributed by atoms with E-state index in [1.807, 2.05) is 18.2 Å². The van der Waals surface area contributed by atoms with Gasteiger partial charge in [-0.15, -0.1) is 0 Å². The third-order valence-electron chi connectivity index (χ3n) is 3.28. The molecule has 0 fully saturated rings. The first kappa shape index (κ1) is 14.3. The molecule has 1 aliphatic heterocycles. The Bertz CT molecular complexity index is 787. The number of aliphatic imine (C=N–C) groups is 1. The van der Waals surface area contributed by atoms with Gasteiger partial charge in [-0.1, -0.05) is 41.9 Å². The van der Waals surface area contributed by atoms with Crippen molar-refractivity contribution < 1.29 is 14.7 Å². The van der Waals surface area contributed by atoms with Gasteiger partial charge in [0.15, 0.2) is 0 Å². The molecule has 0 saturated carbocycles. The Morgan fingerprint density at radius 2 is 1.91 bits per heavy atom. The van der Waals surface area contributed by atoms with Crippen LogP contribution in [0.5, 0.6) is 0 Å². The number of fused-ring (bicyclic) bond motifs is 1. The summed E-state index contributed by atoms with van der Waals surface area (Å²) < 4.78 is 0. The van der Waals surface area contributed by atoms with Crippen LogP contribution in [0.15, 0.2) is 53.5 Å². The number of amides is 1. The Morgan fingerprint density at radius 1 is 1.18 bits per heavy atom. The predicted molar refractivity (Wildman–Crippen MR) is 83.6 cm³/mol. The summed E-state index contributed by atoms with van der Waals surface area (Å²) in [6.07, 6.45) is 0. The molecule has 0 radical (unpaired) electrons. The molecule has 1 heterocycles. The molecule has 0 aromatic heterocycles. The Balaban J connectivity index is 2.25. The molecule has 2 N–H and O–H groups in total. The number of benzene rings is 2. The van der Waals surface area contributed by atoms with Crippen molar-refractivity contribution in [3.63, 3.8) is 0 Å². The second-order valence-corrected chi connectivity index (χ2v) is 5.20. The summed E-state index contributed by atoms with van der Waals surface area (Å²) in [6.45, 7) is 0. The van der Waals surface area contributed by atoms with Gasteiger partial charge in [0.2, 0.25) is 6.04 Å². The largest absolute Gasteiger partial charge is 0.479 e. The van der Waals surface area contributed by atoms with E-state index in [0.29, 0.717) is 27.5 Å². The van der Waals surface area contributed by atoms with E-state index in [2.05, 4.69) is 10.3 Å². The number of carbonyl (C=O) groups is 2. The van der Waals surface area contributed by atoms with Crippen molar-refractivity contribution in [1.29, 1.82) is 0 Å². The minimum atomic E-state index is -1.50. The molecule has 22 heavy (non-hydrogen) atoms. The Morgan fingerprint density at radius 3 is 2.59 bits per heavy atom. The monoisotopic (exact) mass is 320 g/mol. The van der Waals surface area contributed by atoms with Gasteiger partial charge in [0.25, 0.3) is 5.91 Å². The maximum absolute atomic E-state index is 12.0. The highest BCUT2D eigenvalue weighted by Crippen LogP contribution is 2.27. The average molecular weight is 321 g/mol. The van der Waals surface area contributed by atoms with Crippen molar-refractivity contribution in [2.75, 3.05) is 5.32 Å². The van der Waals surface area contributed by atoms with E-state index < -0.39 is 17.9 Å². The number of halogens is 1. The minimum Gasteiger partial charge on any atom is -0.479 e. The van der Waals surface area contributed by atoms with Crippen LogP contribution in [0, 0.1) is 0 Å². The van der Waals surface area contributed by atoms with Crippen molar-refractivity contribution in [2.24, 2.45) is 4.99 Å². The van der Waals surface area contributed by atoms with E-state index in [1.54, 1.807) is 30.3 Å². The minimum absolute atomic E-state index is 0.420. The van der Waals surface area contributed by atoms with Crippen LogP contribution in [0.3, 0.4) is 0 Å². The maximum atomic E-state index is 12.0. The summed E-state index contributed by atoms with van der Waals surface area (Å²) in [6, 6.07) is 12.5. The second-order valence-electron chi connectivity index (χ2n) is 4.76. The van der Waals surface area contributed by atoms with E-state index in [0.717, 1.165) is 0 Å². The summed E-state index contributed by atoms with van der Waals surface area (Å²) in [5, 5.41) is 12.3. The molecule has 6 heteroatoms. The maximum Gasteiger partial charge on any atom is 0.338 e. The lowest BCUT2D eigenvalue weighted by molar-refractivity contribution is -0.141.